The summed E-state index contributed by atoms with van der Waals surface area (Å²) in [6, 6.07) is 19.9. The Bertz CT molecular complexity index is 1870. The summed E-state index contributed by atoms with van der Waals surface area (Å²) in [6.45, 7) is 4.60. The zero-order valence-corrected chi connectivity index (χ0v) is 22.4. The molecule has 0 bridgehead atoms. The van der Waals surface area contributed by atoms with Crippen molar-refractivity contribution >= 4 is 45.9 Å². The van der Waals surface area contributed by atoms with Crippen LogP contribution in [-0.4, -0.2) is 31.0 Å². The fraction of sp³-hybridized carbons (Fsp3) is 0.103. The number of rotatable bonds is 7. The lowest BCUT2D eigenvalue weighted by Gasteiger charge is -2.08. The topological polar surface area (TPSA) is 74.3 Å². The van der Waals surface area contributed by atoms with Crippen molar-refractivity contribution in [2.75, 3.05) is 6.61 Å². The molecule has 9 heteroatoms. The Balaban J connectivity index is 1.43. The molecule has 0 amide bonds. The van der Waals surface area contributed by atoms with Crippen LogP contribution in [0.3, 0.4) is 0 Å². The molecular formula is C29H23N5O2S2. The van der Waals surface area contributed by atoms with Crippen molar-refractivity contribution in [2.45, 2.75) is 13.8 Å². The molecule has 4 heterocycles. The van der Waals surface area contributed by atoms with Gasteiger partial charge in [0.2, 0.25) is 4.96 Å². The largest absolute Gasteiger partial charge is 0.494 e. The Morgan fingerprint density at radius 2 is 1.89 bits per heavy atom. The number of thiophene rings is 1. The smallest absolute Gasteiger partial charge is 0.291 e. The van der Waals surface area contributed by atoms with Crippen molar-refractivity contribution in [2.24, 2.45) is 0 Å². The molecule has 0 radical (unpaired) electrons. The minimum atomic E-state index is -0.199. The Morgan fingerprint density at radius 1 is 1.03 bits per heavy atom. The van der Waals surface area contributed by atoms with Crippen LogP contribution in [0.4, 0.5) is 0 Å². The average molecular weight is 538 g/mol. The second-order valence-corrected chi connectivity index (χ2v) is 10.5. The minimum absolute atomic E-state index is 0.199. The third kappa shape index (κ3) is 4.69. The van der Waals surface area contributed by atoms with Gasteiger partial charge in [-0.05, 0) is 79.4 Å². The number of fused-ring (bicyclic) bond motifs is 1. The van der Waals surface area contributed by atoms with Gasteiger partial charge in [-0.25, -0.2) is 4.68 Å². The van der Waals surface area contributed by atoms with E-state index in [2.05, 4.69) is 16.1 Å². The lowest BCUT2D eigenvalue weighted by Crippen LogP contribution is -2.23. The summed E-state index contributed by atoms with van der Waals surface area (Å²) in [5, 5.41) is 11.3. The maximum atomic E-state index is 13.2. The molecule has 4 aromatic heterocycles. The van der Waals surface area contributed by atoms with Gasteiger partial charge in [-0.1, -0.05) is 35.6 Å². The molecule has 0 N–H and O–H groups in total. The molecular weight excluding hydrogens is 514 g/mol. The van der Waals surface area contributed by atoms with Crippen LogP contribution in [0.25, 0.3) is 40.1 Å². The van der Waals surface area contributed by atoms with E-state index in [9.17, 15) is 4.79 Å². The van der Waals surface area contributed by atoms with Crippen molar-refractivity contribution in [3.63, 3.8) is 0 Å². The normalized spacial score (nSPS) is 12.2. The van der Waals surface area contributed by atoms with E-state index in [0.717, 1.165) is 38.7 Å². The van der Waals surface area contributed by atoms with Gasteiger partial charge < -0.3 is 4.74 Å². The van der Waals surface area contributed by atoms with E-state index in [-0.39, 0.29) is 5.56 Å². The Hall–Kier alpha value is -4.34. The monoisotopic (exact) mass is 537 g/mol. The van der Waals surface area contributed by atoms with Crippen LogP contribution in [0, 0.1) is 6.92 Å². The van der Waals surface area contributed by atoms with Crippen LogP contribution in [0.5, 0.6) is 5.75 Å². The standard InChI is InChI=1S/C29H23N5O2S2/c1-3-36-24-13-11-20(16-19(24)2)27-21(18-33(32-27)22-8-5-4-6-9-22)17-25-28(35)34-29(38-25)30-26(31-34)14-12-23-10-7-15-37-23/h4-18H,3H2,1-2H3/b14-12+,25-17-. The molecule has 0 aliphatic rings. The highest BCUT2D eigenvalue weighted by atomic mass is 32.1. The Labute approximate surface area is 226 Å². The predicted molar refractivity (Wildman–Crippen MR) is 154 cm³/mol. The second-order valence-electron chi connectivity index (χ2n) is 8.56. The number of thiazole rings is 1. The Morgan fingerprint density at radius 3 is 2.63 bits per heavy atom. The molecule has 0 aliphatic carbocycles. The molecule has 38 heavy (non-hydrogen) atoms. The number of para-hydroxylation sites is 1. The van der Waals surface area contributed by atoms with Gasteiger partial charge in [-0.3, -0.25) is 4.79 Å². The summed E-state index contributed by atoms with van der Waals surface area (Å²) in [6.07, 6.45) is 7.59. The average Bonchev–Trinajstić information content (AvgIpc) is 3.72. The first kappa shape index (κ1) is 24.0. The molecule has 0 saturated heterocycles. The van der Waals surface area contributed by atoms with E-state index < -0.39 is 0 Å². The molecule has 0 spiro atoms. The van der Waals surface area contributed by atoms with Gasteiger partial charge >= 0.3 is 0 Å². The molecule has 7 nitrogen and oxygen atoms in total. The van der Waals surface area contributed by atoms with Crippen molar-refractivity contribution in [1.29, 1.82) is 0 Å². The first-order chi connectivity index (χ1) is 18.6. The number of hydrogen-bond acceptors (Lipinski definition) is 7. The van der Waals surface area contributed by atoms with Crippen LogP contribution < -0.4 is 14.8 Å². The number of aryl methyl sites for hydroxylation is 1. The summed E-state index contributed by atoms with van der Waals surface area (Å²) in [5.74, 6) is 1.36. The molecule has 0 atom stereocenters. The summed E-state index contributed by atoms with van der Waals surface area (Å²) in [4.78, 5) is 19.4. The van der Waals surface area contributed by atoms with E-state index in [1.165, 1.54) is 15.9 Å². The van der Waals surface area contributed by atoms with Crippen LogP contribution in [0.1, 0.15) is 28.8 Å². The van der Waals surface area contributed by atoms with Gasteiger partial charge in [-0.2, -0.15) is 14.6 Å². The molecule has 0 aliphatic heterocycles. The van der Waals surface area contributed by atoms with E-state index in [1.54, 1.807) is 11.3 Å². The lowest BCUT2D eigenvalue weighted by atomic mass is 10.0. The van der Waals surface area contributed by atoms with Crippen molar-refractivity contribution in [3.05, 3.63) is 109 Å². The number of nitrogens with zero attached hydrogens (tertiary/aromatic N) is 5. The summed E-state index contributed by atoms with van der Waals surface area (Å²) in [5.41, 5.74) is 4.31. The van der Waals surface area contributed by atoms with Gasteiger partial charge in [0.25, 0.3) is 5.56 Å². The highest BCUT2D eigenvalue weighted by Gasteiger charge is 2.15. The van der Waals surface area contributed by atoms with E-state index in [0.29, 0.717) is 21.9 Å². The van der Waals surface area contributed by atoms with Gasteiger partial charge in [0.05, 0.1) is 16.8 Å². The fourth-order valence-corrected chi connectivity index (χ4v) is 5.67. The molecule has 6 aromatic rings. The molecule has 0 unspecified atom stereocenters. The van der Waals surface area contributed by atoms with E-state index in [4.69, 9.17) is 9.84 Å². The summed E-state index contributed by atoms with van der Waals surface area (Å²) < 4.78 is 9.47. The van der Waals surface area contributed by atoms with Crippen LogP contribution in [0.15, 0.2) is 77.0 Å². The van der Waals surface area contributed by atoms with Gasteiger partial charge in [0.15, 0.2) is 5.82 Å². The number of benzene rings is 2. The second kappa shape index (κ2) is 10.2. The molecule has 188 valence electrons. The summed E-state index contributed by atoms with van der Waals surface area (Å²) >= 11 is 2.95. The quantitative estimate of drug-likeness (QED) is 0.269. The zero-order chi connectivity index (χ0) is 26.1. The first-order valence-electron chi connectivity index (χ1n) is 12.1. The molecule has 0 fully saturated rings. The van der Waals surface area contributed by atoms with Crippen LogP contribution >= 0.6 is 22.7 Å². The van der Waals surface area contributed by atoms with Gasteiger partial charge in [0, 0.05) is 22.2 Å². The van der Waals surface area contributed by atoms with Crippen molar-refractivity contribution in [1.82, 2.24) is 24.4 Å². The third-order valence-corrected chi connectivity index (χ3v) is 7.73. The first-order valence-corrected chi connectivity index (χ1v) is 13.8. The van der Waals surface area contributed by atoms with Crippen molar-refractivity contribution < 1.29 is 4.74 Å². The maximum Gasteiger partial charge on any atom is 0.291 e. The zero-order valence-electron chi connectivity index (χ0n) is 20.7. The molecule has 0 saturated carbocycles. The molecule has 6 rings (SSSR count). The predicted octanol–water partition coefficient (Wildman–Crippen LogP) is 5.49. The van der Waals surface area contributed by atoms with Gasteiger partial charge in [-0.15, -0.1) is 16.4 Å². The summed E-state index contributed by atoms with van der Waals surface area (Å²) in [7, 11) is 0. The van der Waals surface area contributed by atoms with Gasteiger partial charge in [0.1, 0.15) is 11.4 Å². The highest BCUT2D eigenvalue weighted by Crippen LogP contribution is 2.29. The minimum Gasteiger partial charge on any atom is -0.494 e. The van der Waals surface area contributed by atoms with E-state index in [1.807, 2.05) is 103 Å². The SMILES string of the molecule is CCOc1ccc(-c2nn(-c3ccccc3)cc2/C=c2\sc3nc(/C=C/c4cccs4)nn3c2=O)cc1C. The lowest BCUT2D eigenvalue weighted by molar-refractivity contribution is 0.338. The number of hydrogen-bond donors (Lipinski definition) is 0. The molecule has 2 aromatic carbocycles. The van der Waals surface area contributed by atoms with E-state index >= 15 is 0 Å². The number of ether oxygens (including phenoxy) is 1. The van der Waals surface area contributed by atoms with Crippen LogP contribution in [0.2, 0.25) is 0 Å². The Kier molecular flexibility index (Phi) is 6.45. The maximum absolute atomic E-state index is 13.2. The van der Waals surface area contributed by atoms with Crippen molar-refractivity contribution in [3.8, 4) is 22.7 Å². The van der Waals surface area contributed by atoms with Crippen LogP contribution in [-0.2, 0) is 0 Å². The number of aromatic nitrogens is 5. The highest BCUT2D eigenvalue weighted by molar-refractivity contribution is 7.15. The third-order valence-electron chi connectivity index (χ3n) is 5.94. The fourth-order valence-electron chi connectivity index (χ4n) is 4.15.